The Morgan fingerprint density at radius 3 is 2.50 bits per heavy atom. The number of aliphatic hydroxyl groups is 1. The summed E-state index contributed by atoms with van der Waals surface area (Å²) in [7, 11) is 1.96. The molecule has 0 aliphatic rings. The van der Waals surface area contributed by atoms with Crippen LogP contribution in [0.25, 0.3) is 0 Å². The maximum absolute atomic E-state index is 9.76. The second kappa shape index (κ2) is 5.17. The van der Waals surface area contributed by atoms with Crippen molar-refractivity contribution in [2.75, 3.05) is 18.5 Å². The van der Waals surface area contributed by atoms with Gasteiger partial charge < -0.3 is 15.7 Å². The molecule has 1 aromatic rings. The van der Waals surface area contributed by atoms with Gasteiger partial charge in [-0.15, -0.1) is 0 Å². The Morgan fingerprint density at radius 2 is 2.06 bits per heavy atom. The van der Waals surface area contributed by atoms with Crippen molar-refractivity contribution in [3.63, 3.8) is 0 Å². The molecule has 0 aromatic heterocycles. The first-order valence-corrected chi connectivity index (χ1v) is 6.05. The molecule has 0 bridgehead atoms. The van der Waals surface area contributed by atoms with Gasteiger partial charge in [-0.25, -0.2) is 0 Å². The molecule has 0 saturated carbocycles. The largest absolute Gasteiger partial charge is 0.389 e. The van der Waals surface area contributed by atoms with Gasteiger partial charge in [-0.3, -0.25) is 0 Å². The van der Waals surface area contributed by atoms with Crippen LogP contribution in [0.4, 0.5) is 5.69 Å². The SMILES string of the molecule is CN(CC(C)(C)O)c1ccc(CN)cc1Br. The number of rotatable bonds is 4. The van der Waals surface area contributed by atoms with E-state index < -0.39 is 5.60 Å². The van der Waals surface area contributed by atoms with Gasteiger partial charge in [0.1, 0.15) is 0 Å². The number of hydrogen-bond acceptors (Lipinski definition) is 3. The van der Waals surface area contributed by atoms with Crippen LogP contribution in [0.5, 0.6) is 0 Å². The highest BCUT2D eigenvalue weighted by molar-refractivity contribution is 9.10. The van der Waals surface area contributed by atoms with Crippen molar-refractivity contribution < 1.29 is 5.11 Å². The zero-order valence-electron chi connectivity index (χ0n) is 10.00. The summed E-state index contributed by atoms with van der Waals surface area (Å²) in [6.07, 6.45) is 0. The molecule has 0 saturated heterocycles. The van der Waals surface area contributed by atoms with Gasteiger partial charge in [-0.05, 0) is 47.5 Å². The molecular weight excluding hydrogens is 268 g/mol. The average Bonchev–Trinajstić information content (AvgIpc) is 2.14. The molecule has 1 aromatic carbocycles. The fourth-order valence-corrected chi connectivity index (χ4v) is 2.38. The van der Waals surface area contributed by atoms with Crippen molar-refractivity contribution in [3.05, 3.63) is 28.2 Å². The van der Waals surface area contributed by atoms with Crippen LogP contribution in [0, 0.1) is 0 Å². The zero-order valence-corrected chi connectivity index (χ0v) is 11.6. The maximum atomic E-state index is 9.76. The van der Waals surface area contributed by atoms with Crippen LogP contribution < -0.4 is 10.6 Å². The van der Waals surface area contributed by atoms with Crippen LogP contribution in [0.2, 0.25) is 0 Å². The summed E-state index contributed by atoms with van der Waals surface area (Å²) in [5.41, 5.74) is 7.01. The molecule has 4 heteroatoms. The summed E-state index contributed by atoms with van der Waals surface area (Å²) in [4.78, 5) is 2.02. The van der Waals surface area contributed by atoms with Crippen molar-refractivity contribution in [2.24, 2.45) is 5.73 Å². The van der Waals surface area contributed by atoms with Crippen LogP contribution in [0.1, 0.15) is 19.4 Å². The van der Waals surface area contributed by atoms with Crippen LogP contribution in [-0.2, 0) is 6.54 Å². The highest BCUT2D eigenvalue weighted by Gasteiger charge is 2.17. The molecular formula is C12H19BrN2O. The first-order chi connectivity index (χ1) is 7.33. The molecule has 0 fully saturated rings. The number of benzene rings is 1. The summed E-state index contributed by atoms with van der Waals surface area (Å²) in [5.74, 6) is 0. The smallest absolute Gasteiger partial charge is 0.0765 e. The van der Waals surface area contributed by atoms with E-state index in [0.717, 1.165) is 15.7 Å². The third-order valence-corrected chi connectivity index (χ3v) is 2.92. The normalized spacial score (nSPS) is 11.6. The number of nitrogens with zero attached hydrogens (tertiary/aromatic N) is 1. The van der Waals surface area contributed by atoms with Crippen molar-refractivity contribution in [3.8, 4) is 0 Å². The van der Waals surface area contributed by atoms with Gasteiger partial charge in [0.25, 0.3) is 0 Å². The summed E-state index contributed by atoms with van der Waals surface area (Å²) < 4.78 is 1.00. The van der Waals surface area contributed by atoms with Gasteiger partial charge in [0.15, 0.2) is 0 Å². The zero-order chi connectivity index (χ0) is 12.3. The number of hydrogen-bond donors (Lipinski definition) is 2. The van der Waals surface area contributed by atoms with Crippen molar-refractivity contribution in [2.45, 2.75) is 26.0 Å². The predicted octanol–water partition coefficient (Wildman–Crippen LogP) is 2.11. The van der Waals surface area contributed by atoms with E-state index in [0.29, 0.717) is 13.1 Å². The molecule has 0 heterocycles. The molecule has 0 aliphatic carbocycles. The van der Waals surface area contributed by atoms with E-state index in [-0.39, 0.29) is 0 Å². The lowest BCUT2D eigenvalue weighted by atomic mass is 10.1. The van der Waals surface area contributed by atoms with Gasteiger partial charge in [-0.1, -0.05) is 6.07 Å². The monoisotopic (exact) mass is 286 g/mol. The van der Waals surface area contributed by atoms with Gasteiger partial charge in [0.2, 0.25) is 0 Å². The molecule has 1 rings (SSSR count). The number of halogens is 1. The molecule has 16 heavy (non-hydrogen) atoms. The number of anilines is 1. The van der Waals surface area contributed by atoms with E-state index in [1.54, 1.807) is 13.8 Å². The summed E-state index contributed by atoms with van der Waals surface area (Å²) in [6.45, 7) is 4.71. The van der Waals surface area contributed by atoms with Gasteiger partial charge in [0, 0.05) is 24.6 Å². The van der Waals surface area contributed by atoms with Crippen LogP contribution in [0.3, 0.4) is 0 Å². The number of nitrogens with two attached hydrogens (primary N) is 1. The Balaban J connectivity index is 2.88. The molecule has 0 spiro atoms. The third-order valence-electron chi connectivity index (χ3n) is 2.28. The minimum Gasteiger partial charge on any atom is -0.389 e. The molecule has 0 amide bonds. The highest BCUT2D eigenvalue weighted by Crippen LogP contribution is 2.27. The lowest BCUT2D eigenvalue weighted by molar-refractivity contribution is 0.0886. The average molecular weight is 287 g/mol. The van der Waals surface area contributed by atoms with Crippen molar-refractivity contribution >= 4 is 21.6 Å². The van der Waals surface area contributed by atoms with Gasteiger partial charge >= 0.3 is 0 Å². The molecule has 0 aliphatic heterocycles. The molecule has 0 unspecified atom stereocenters. The van der Waals surface area contributed by atoms with E-state index in [9.17, 15) is 5.11 Å². The third kappa shape index (κ3) is 3.77. The molecule has 3 nitrogen and oxygen atoms in total. The Morgan fingerprint density at radius 1 is 1.44 bits per heavy atom. The Hall–Kier alpha value is -0.580. The minimum atomic E-state index is -0.708. The fraction of sp³-hybridized carbons (Fsp3) is 0.500. The maximum Gasteiger partial charge on any atom is 0.0765 e. The fourth-order valence-electron chi connectivity index (χ4n) is 1.65. The summed E-state index contributed by atoms with van der Waals surface area (Å²) in [5, 5.41) is 9.76. The van der Waals surface area contributed by atoms with E-state index >= 15 is 0 Å². The van der Waals surface area contributed by atoms with E-state index in [4.69, 9.17) is 5.73 Å². The lowest BCUT2D eigenvalue weighted by Gasteiger charge is -2.28. The first kappa shape index (κ1) is 13.5. The van der Waals surface area contributed by atoms with Crippen LogP contribution >= 0.6 is 15.9 Å². The molecule has 3 N–H and O–H groups in total. The minimum absolute atomic E-state index is 0.536. The van der Waals surface area contributed by atoms with E-state index in [2.05, 4.69) is 15.9 Å². The lowest BCUT2D eigenvalue weighted by Crippen LogP contribution is -2.36. The highest BCUT2D eigenvalue weighted by atomic mass is 79.9. The van der Waals surface area contributed by atoms with E-state index in [1.807, 2.05) is 30.1 Å². The Bertz CT molecular complexity index is 361. The second-order valence-electron chi connectivity index (χ2n) is 4.66. The Kier molecular flexibility index (Phi) is 4.35. The number of likely N-dealkylation sites (N-methyl/N-ethyl adjacent to an activating group) is 1. The summed E-state index contributed by atoms with van der Waals surface area (Å²) in [6, 6.07) is 6.02. The van der Waals surface area contributed by atoms with Crippen molar-refractivity contribution in [1.82, 2.24) is 0 Å². The molecule has 0 radical (unpaired) electrons. The van der Waals surface area contributed by atoms with Crippen LogP contribution in [-0.4, -0.2) is 24.3 Å². The van der Waals surface area contributed by atoms with Gasteiger partial charge in [-0.2, -0.15) is 0 Å². The van der Waals surface area contributed by atoms with E-state index in [1.165, 1.54) is 0 Å². The van der Waals surface area contributed by atoms with Gasteiger partial charge in [0.05, 0.1) is 11.3 Å². The first-order valence-electron chi connectivity index (χ1n) is 5.25. The second-order valence-corrected chi connectivity index (χ2v) is 5.51. The quantitative estimate of drug-likeness (QED) is 0.891. The molecule has 0 atom stereocenters. The molecule has 90 valence electrons. The van der Waals surface area contributed by atoms with Crippen LogP contribution in [0.15, 0.2) is 22.7 Å². The standard InChI is InChI=1S/C12H19BrN2O/c1-12(2,16)8-15(3)11-5-4-9(7-14)6-10(11)13/h4-6,16H,7-8,14H2,1-3H3. The Labute approximate surface area is 105 Å². The topological polar surface area (TPSA) is 49.5 Å². The predicted molar refractivity (Wildman–Crippen MR) is 71.6 cm³/mol. The van der Waals surface area contributed by atoms with Crippen molar-refractivity contribution in [1.29, 1.82) is 0 Å². The summed E-state index contributed by atoms with van der Waals surface area (Å²) >= 11 is 3.52.